The van der Waals surface area contributed by atoms with Crippen LogP contribution in [0.25, 0.3) is 22.8 Å². The first kappa shape index (κ1) is 56.5. The van der Waals surface area contributed by atoms with E-state index >= 15 is 0 Å². The number of carbonyl (C=O) groups excluding carboxylic acids is 2. The van der Waals surface area contributed by atoms with Crippen LogP contribution in [0.15, 0.2) is 60.7 Å². The molecule has 2 amide bonds. The minimum Gasteiger partial charge on any atom is -0.492 e. The summed E-state index contributed by atoms with van der Waals surface area (Å²) in [5.41, 5.74) is 4.93. The molecule has 0 aliphatic carbocycles. The maximum atomic E-state index is 14.6. The molecule has 0 spiro atoms. The normalized spacial score (nSPS) is 13.1. The lowest BCUT2D eigenvalue weighted by atomic mass is 10.2. The second-order valence-corrected chi connectivity index (χ2v) is 17.5. The minimum absolute atomic E-state index is 0. The highest BCUT2D eigenvalue weighted by molar-refractivity contribution is 6.34. The average molecular weight is 1090 g/mol. The molecule has 1 N–H and O–H groups in total. The number of ether oxygens (including phenoxy) is 2. The number of aryl methyl sites for hydroxylation is 1. The van der Waals surface area contributed by atoms with Crippen LogP contribution >= 0.6 is 58.0 Å². The molecule has 2 fully saturated rings. The summed E-state index contributed by atoms with van der Waals surface area (Å²) in [6.07, 6.45) is 0. The van der Waals surface area contributed by atoms with Gasteiger partial charge in [-0.25, -0.2) is 18.7 Å². The van der Waals surface area contributed by atoms with Crippen molar-refractivity contribution in [2.75, 3.05) is 81.3 Å². The topological polar surface area (TPSA) is 185 Å². The number of hydrogen-bond acceptors (Lipinski definition) is 12. The number of aromatic amines is 1. The van der Waals surface area contributed by atoms with Crippen LogP contribution in [-0.2, 0) is 16.1 Å². The lowest BCUT2D eigenvalue weighted by Crippen LogP contribution is -2.50. The van der Waals surface area contributed by atoms with Gasteiger partial charge in [-0.05, 0) is 64.1 Å². The second-order valence-electron chi connectivity index (χ2n) is 15.7. The van der Waals surface area contributed by atoms with Gasteiger partial charge in [0, 0.05) is 64.5 Å². The van der Waals surface area contributed by atoms with E-state index in [1.807, 2.05) is 42.7 Å². The third-order valence-corrected chi connectivity index (χ3v) is 12.9. The van der Waals surface area contributed by atoms with E-state index in [1.54, 1.807) is 69.9 Å². The van der Waals surface area contributed by atoms with E-state index in [2.05, 4.69) is 25.3 Å². The fourth-order valence-corrected chi connectivity index (χ4v) is 8.44. The first-order chi connectivity index (χ1) is 34.1. The Hall–Kier alpha value is -6.41. The van der Waals surface area contributed by atoms with Gasteiger partial charge in [0.1, 0.15) is 70.5 Å². The number of carbonyl (C=O) groups is 2. The van der Waals surface area contributed by atoms with Crippen LogP contribution in [-0.4, -0.2) is 123 Å². The number of anilines is 2. The molecule has 8 rings (SSSR count). The lowest BCUT2D eigenvalue weighted by Gasteiger charge is -2.36. The van der Waals surface area contributed by atoms with Crippen molar-refractivity contribution in [2.24, 2.45) is 0 Å². The largest absolute Gasteiger partial charge is 0.492 e. The van der Waals surface area contributed by atoms with Crippen LogP contribution < -0.4 is 19.3 Å². The van der Waals surface area contributed by atoms with E-state index in [0.717, 1.165) is 5.69 Å². The molecule has 2 aliphatic heterocycles. The minimum atomic E-state index is -0.429. The fourth-order valence-electron chi connectivity index (χ4n) is 7.44. The van der Waals surface area contributed by atoms with Gasteiger partial charge < -0.3 is 29.1 Å². The summed E-state index contributed by atoms with van der Waals surface area (Å²) in [6.45, 7) is 12.1. The summed E-state index contributed by atoms with van der Waals surface area (Å²) in [6, 6.07) is 19.9. The number of nitrogens with zero attached hydrogens (tertiary/aromatic N) is 11. The predicted octanol–water partition coefficient (Wildman–Crippen LogP) is 10.0. The Kier molecular flexibility index (Phi) is 20.7. The maximum absolute atomic E-state index is 14.6. The number of pyridine rings is 2. The Labute approximate surface area is 441 Å². The monoisotopic (exact) mass is 1080 g/mol. The molecular formula is C49H51Cl5F2N12O4. The van der Waals surface area contributed by atoms with Gasteiger partial charge in [-0.3, -0.25) is 19.4 Å². The average Bonchev–Trinajstić information content (AvgIpc) is 3.87. The Balaban J connectivity index is 0.000000220. The summed E-state index contributed by atoms with van der Waals surface area (Å²) >= 11 is 30.1. The number of alkyl halides is 1. The highest BCUT2D eigenvalue weighted by Crippen LogP contribution is 2.35. The Morgan fingerprint density at radius 1 is 0.694 bits per heavy atom. The summed E-state index contributed by atoms with van der Waals surface area (Å²) in [5.74, 6) is -0.159. The third kappa shape index (κ3) is 13.8. The quantitative estimate of drug-likeness (QED) is 0.121. The SMILES string of the molecule is C.CCOc1cc(N2CCN(C(=O)CCl)CC2)c(F)cc1Cl.CCOc1cc(N2CCN(C(=O)Cn3nc(-c4cccc(C#N)n4)c(Cl)c3C)CC2)c(F)cc1Cl.Cc1[nH]nc(-c2cccc(C#N)n2)c1Cl. The second kappa shape index (κ2) is 26.3. The van der Waals surface area contributed by atoms with E-state index in [4.69, 9.17) is 78.0 Å². The van der Waals surface area contributed by atoms with Crippen LogP contribution in [0, 0.1) is 48.1 Å². The molecule has 0 bridgehead atoms. The smallest absolute Gasteiger partial charge is 0.244 e. The summed E-state index contributed by atoms with van der Waals surface area (Å²) in [5, 5.41) is 30.5. The number of halogens is 7. The molecule has 6 aromatic rings. The van der Waals surface area contributed by atoms with Gasteiger partial charge >= 0.3 is 0 Å². The van der Waals surface area contributed by atoms with Crippen molar-refractivity contribution in [3.63, 3.8) is 0 Å². The van der Waals surface area contributed by atoms with Gasteiger partial charge in [0.15, 0.2) is 0 Å². The number of H-pyrrole nitrogens is 1. The van der Waals surface area contributed by atoms with Gasteiger partial charge in [-0.15, -0.1) is 11.6 Å². The fraction of sp³-hybridized carbons (Fsp3) is 0.347. The van der Waals surface area contributed by atoms with Crippen LogP contribution in [0.2, 0.25) is 20.1 Å². The van der Waals surface area contributed by atoms with Crippen LogP contribution in [0.4, 0.5) is 20.2 Å². The van der Waals surface area contributed by atoms with Gasteiger partial charge in [0.25, 0.3) is 0 Å². The zero-order valence-electron chi connectivity index (χ0n) is 39.0. The van der Waals surface area contributed by atoms with Crippen molar-refractivity contribution in [3.8, 4) is 46.4 Å². The molecule has 2 saturated heterocycles. The Morgan fingerprint density at radius 3 is 1.57 bits per heavy atom. The lowest BCUT2D eigenvalue weighted by molar-refractivity contribution is -0.132. The van der Waals surface area contributed by atoms with Crippen molar-refractivity contribution in [1.82, 2.24) is 39.7 Å². The maximum Gasteiger partial charge on any atom is 0.244 e. The third-order valence-electron chi connectivity index (χ3n) is 11.2. The molecule has 4 aromatic heterocycles. The van der Waals surface area contributed by atoms with Crippen molar-refractivity contribution < 1.29 is 27.8 Å². The number of rotatable bonds is 11. The zero-order valence-corrected chi connectivity index (χ0v) is 42.7. The van der Waals surface area contributed by atoms with Gasteiger partial charge in [-0.1, -0.05) is 66.0 Å². The van der Waals surface area contributed by atoms with E-state index < -0.39 is 5.82 Å². The molecule has 2 aliphatic rings. The standard InChI is InChI=1S/C24H23Cl2FN6O2.C14H17Cl2FN2O2.C10H7ClN4.CH4/c1-3-35-21-12-20(18(27)11-17(21)25)31-7-9-32(10-8-31)22(34)14-33-15(2)23(26)24(30-33)19-6-4-5-16(13-28)29-19;1-2-21-13-8-12(11(17)7-10(13)16)18-3-5-19(6-4-18)14(20)9-15;1-6-9(11)10(15-14-6)8-4-2-3-7(5-12)13-8;/h4-6,11-12H,3,7-10,14H2,1-2H3;7-8H,2-6,9H2,1H3;2-4H,1H3,(H,14,15);1H4. The number of nitriles is 2. The number of piperazine rings is 2. The molecule has 16 nitrogen and oxygen atoms in total. The number of hydrogen-bond donors (Lipinski definition) is 1. The molecule has 6 heterocycles. The molecule has 0 radical (unpaired) electrons. The van der Waals surface area contributed by atoms with Crippen LogP contribution in [0.3, 0.4) is 0 Å². The van der Waals surface area contributed by atoms with Crippen molar-refractivity contribution >= 4 is 81.2 Å². The van der Waals surface area contributed by atoms with Crippen LogP contribution in [0.5, 0.6) is 11.5 Å². The molecule has 23 heteroatoms. The van der Waals surface area contributed by atoms with E-state index in [9.17, 15) is 18.4 Å². The highest BCUT2D eigenvalue weighted by atomic mass is 35.5. The summed E-state index contributed by atoms with van der Waals surface area (Å²) in [4.78, 5) is 40.0. The van der Waals surface area contributed by atoms with Gasteiger partial charge in [0.05, 0.1) is 67.5 Å². The number of aromatic nitrogens is 6. The summed E-state index contributed by atoms with van der Waals surface area (Å²) < 4.78 is 41.1. The highest BCUT2D eigenvalue weighted by Gasteiger charge is 2.27. The molecule has 2 aromatic carbocycles. The number of amides is 2. The Morgan fingerprint density at radius 2 is 1.15 bits per heavy atom. The summed E-state index contributed by atoms with van der Waals surface area (Å²) in [7, 11) is 0. The van der Waals surface area contributed by atoms with Gasteiger partial charge in [-0.2, -0.15) is 20.7 Å². The van der Waals surface area contributed by atoms with Crippen LogP contribution in [0.1, 0.15) is 44.0 Å². The van der Waals surface area contributed by atoms with Crippen molar-refractivity contribution in [1.29, 1.82) is 10.5 Å². The zero-order chi connectivity index (χ0) is 51.4. The van der Waals surface area contributed by atoms with E-state index in [1.165, 1.54) is 12.1 Å². The van der Waals surface area contributed by atoms with Crippen molar-refractivity contribution in [3.05, 3.63) is 115 Å². The van der Waals surface area contributed by atoms with E-state index in [0.29, 0.717) is 133 Å². The molecule has 72 heavy (non-hydrogen) atoms. The molecule has 0 unspecified atom stereocenters. The van der Waals surface area contributed by atoms with Crippen molar-refractivity contribution in [2.45, 2.75) is 41.7 Å². The molecule has 380 valence electrons. The molecule has 0 atom stereocenters. The van der Waals surface area contributed by atoms with E-state index in [-0.39, 0.29) is 53.2 Å². The predicted molar refractivity (Wildman–Crippen MR) is 276 cm³/mol. The Bertz CT molecular complexity index is 2950. The molecular weight excluding hydrogens is 1040 g/mol. The molecule has 0 saturated carbocycles. The number of benzene rings is 2. The first-order valence-corrected chi connectivity index (χ1v) is 24.2. The first-order valence-electron chi connectivity index (χ1n) is 22.1. The van der Waals surface area contributed by atoms with Gasteiger partial charge in [0.2, 0.25) is 11.8 Å². The number of nitrogens with one attached hydrogen (secondary N) is 1.